The Morgan fingerprint density at radius 2 is 2.00 bits per heavy atom. The monoisotopic (exact) mass is 209 g/mol. The van der Waals surface area contributed by atoms with Crippen molar-refractivity contribution in [3.05, 3.63) is 0 Å². The average molecular weight is 209 g/mol. The van der Waals surface area contributed by atoms with Crippen LogP contribution < -0.4 is 0 Å². The molecule has 13 heavy (non-hydrogen) atoms. The molecule has 4 nitrogen and oxygen atoms in total. The van der Waals surface area contributed by atoms with Crippen molar-refractivity contribution in [2.75, 3.05) is 13.2 Å². The van der Waals surface area contributed by atoms with Crippen molar-refractivity contribution in [1.29, 1.82) is 0 Å². The van der Waals surface area contributed by atoms with Crippen LogP contribution in [0.25, 0.3) is 0 Å². The van der Waals surface area contributed by atoms with E-state index < -0.39 is 8.25 Å². The van der Waals surface area contributed by atoms with Crippen LogP contribution in [-0.4, -0.2) is 24.4 Å². The molecule has 0 aromatic heterocycles. The van der Waals surface area contributed by atoms with E-state index >= 15 is 0 Å². The minimum Gasteiger partial charge on any atom is -0.394 e. The highest BCUT2D eigenvalue weighted by atomic mass is 31.1. The fourth-order valence-corrected chi connectivity index (χ4v) is 1.30. The molecule has 2 unspecified atom stereocenters. The van der Waals surface area contributed by atoms with E-state index in [1.807, 2.05) is 27.7 Å². The van der Waals surface area contributed by atoms with Crippen LogP contribution in [0.5, 0.6) is 0 Å². The molecule has 0 spiro atoms. The topological polar surface area (TPSA) is 55.8 Å². The van der Waals surface area contributed by atoms with Crippen LogP contribution in [0.3, 0.4) is 0 Å². The summed E-state index contributed by atoms with van der Waals surface area (Å²) in [6.45, 7) is 7.72. The highest BCUT2D eigenvalue weighted by molar-refractivity contribution is 7.33. The van der Waals surface area contributed by atoms with E-state index in [4.69, 9.17) is 14.2 Å². The Labute approximate surface area is 80.2 Å². The molecule has 78 valence electrons. The Balaban J connectivity index is 3.79. The van der Waals surface area contributed by atoms with E-state index in [2.05, 4.69) is 0 Å². The largest absolute Gasteiger partial charge is 0.697 e. The second-order valence-corrected chi connectivity index (χ2v) is 4.81. The van der Waals surface area contributed by atoms with Gasteiger partial charge in [0, 0.05) is 4.57 Å². The Hall–Kier alpha value is -0.0200. The van der Waals surface area contributed by atoms with Gasteiger partial charge in [-0.3, -0.25) is 0 Å². The molecule has 1 N–H and O–H groups in total. The van der Waals surface area contributed by atoms with Crippen LogP contribution in [0.15, 0.2) is 0 Å². The molecule has 2 atom stereocenters. The van der Waals surface area contributed by atoms with E-state index in [0.29, 0.717) is 0 Å². The second-order valence-electron chi connectivity index (χ2n) is 3.89. The Bertz CT molecular complexity index is 164. The molecule has 0 rings (SSSR count). The Kier molecular flexibility index (Phi) is 5.65. The van der Waals surface area contributed by atoms with Gasteiger partial charge in [-0.15, -0.1) is 9.05 Å². The van der Waals surface area contributed by atoms with Crippen molar-refractivity contribution in [2.24, 2.45) is 5.41 Å². The van der Waals surface area contributed by atoms with Crippen LogP contribution in [-0.2, 0) is 13.6 Å². The molecule has 0 saturated carbocycles. The van der Waals surface area contributed by atoms with E-state index in [1.54, 1.807) is 0 Å². The maximum atomic E-state index is 11.1. The normalized spacial score (nSPS) is 15.6. The minimum atomic E-state index is -2.10. The smallest absolute Gasteiger partial charge is 0.394 e. The first-order valence-corrected chi connectivity index (χ1v) is 5.35. The summed E-state index contributed by atoms with van der Waals surface area (Å²) in [7, 11) is -2.10. The maximum Gasteiger partial charge on any atom is 0.697 e. The van der Waals surface area contributed by atoms with Crippen LogP contribution in [0, 0.1) is 5.41 Å². The molecule has 0 aliphatic carbocycles. The SMILES string of the molecule is CC(O[P+](=O)OCCO)C(C)(C)C. The molecule has 0 amide bonds. The highest BCUT2D eigenvalue weighted by Gasteiger charge is 2.31. The molecule has 0 aliphatic heterocycles. The summed E-state index contributed by atoms with van der Waals surface area (Å²) in [6, 6.07) is 0. The lowest BCUT2D eigenvalue weighted by molar-refractivity contribution is 0.0831. The maximum absolute atomic E-state index is 11.1. The van der Waals surface area contributed by atoms with Gasteiger partial charge in [-0.1, -0.05) is 20.8 Å². The second kappa shape index (κ2) is 5.66. The van der Waals surface area contributed by atoms with Gasteiger partial charge < -0.3 is 5.11 Å². The van der Waals surface area contributed by atoms with Gasteiger partial charge >= 0.3 is 8.25 Å². The third kappa shape index (κ3) is 6.11. The van der Waals surface area contributed by atoms with Crippen molar-refractivity contribution in [3.63, 3.8) is 0 Å². The molecule has 0 heterocycles. The van der Waals surface area contributed by atoms with Crippen LogP contribution in [0.1, 0.15) is 27.7 Å². The molecule has 0 saturated heterocycles. The molecular formula is C8H18O4P+. The number of aliphatic hydroxyl groups is 1. The number of hydrogen-bond acceptors (Lipinski definition) is 4. The Morgan fingerprint density at radius 1 is 1.46 bits per heavy atom. The van der Waals surface area contributed by atoms with Gasteiger partial charge in [-0.05, 0) is 12.3 Å². The van der Waals surface area contributed by atoms with Gasteiger partial charge in [0.1, 0.15) is 12.7 Å². The fourth-order valence-electron chi connectivity index (χ4n) is 0.433. The quantitative estimate of drug-likeness (QED) is 0.704. The zero-order valence-electron chi connectivity index (χ0n) is 8.61. The molecule has 0 bridgehead atoms. The molecule has 5 heteroatoms. The molecule has 0 radical (unpaired) electrons. The average Bonchev–Trinajstić information content (AvgIpc) is 1.99. The number of rotatable bonds is 5. The van der Waals surface area contributed by atoms with Gasteiger partial charge in [0.25, 0.3) is 0 Å². The summed E-state index contributed by atoms with van der Waals surface area (Å²) in [5.41, 5.74) is -0.0619. The van der Waals surface area contributed by atoms with Crippen molar-refractivity contribution in [3.8, 4) is 0 Å². The van der Waals surface area contributed by atoms with Crippen LogP contribution in [0.2, 0.25) is 0 Å². The lowest BCUT2D eigenvalue weighted by atomic mass is 9.91. The summed E-state index contributed by atoms with van der Waals surface area (Å²) in [5, 5.41) is 8.40. The minimum absolute atomic E-state index is 0.0477. The third-order valence-electron chi connectivity index (χ3n) is 1.75. The Morgan fingerprint density at radius 3 is 2.38 bits per heavy atom. The standard InChI is InChI=1S/C8H18O4P/c1-7(8(2,3)4)12-13(10)11-6-5-9/h7,9H,5-6H2,1-4H3/q+1. The zero-order chi connectivity index (χ0) is 10.5. The van der Waals surface area contributed by atoms with E-state index in [9.17, 15) is 4.57 Å². The highest BCUT2D eigenvalue weighted by Crippen LogP contribution is 2.32. The van der Waals surface area contributed by atoms with Gasteiger partial charge in [-0.25, -0.2) is 0 Å². The van der Waals surface area contributed by atoms with E-state index in [-0.39, 0.29) is 24.7 Å². The summed E-state index contributed by atoms with van der Waals surface area (Å²) in [4.78, 5) is 0. The first-order chi connectivity index (χ1) is 5.88. The summed E-state index contributed by atoms with van der Waals surface area (Å²) in [6.07, 6.45) is -0.144. The predicted molar refractivity (Wildman–Crippen MR) is 50.6 cm³/mol. The van der Waals surface area contributed by atoms with Gasteiger partial charge in [0.2, 0.25) is 0 Å². The fraction of sp³-hybridized carbons (Fsp3) is 1.00. The lowest BCUT2D eigenvalue weighted by Gasteiger charge is -2.21. The molecule has 0 fully saturated rings. The number of aliphatic hydroxyl groups excluding tert-OH is 1. The predicted octanol–water partition coefficient (Wildman–Crippen LogP) is 2.10. The van der Waals surface area contributed by atoms with Crippen LogP contribution >= 0.6 is 8.25 Å². The van der Waals surface area contributed by atoms with Crippen LogP contribution in [0.4, 0.5) is 0 Å². The van der Waals surface area contributed by atoms with Crippen molar-refractivity contribution >= 4 is 8.25 Å². The first-order valence-electron chi connectivity index (χ1n) is 4.25. The summed E-state index contributed by atoms with van der Waals surface area (Å²) in [5.74, 6) is 0. The molecule has 0 aliphatic rings. The summed E-state index contributed by atoms with van der Waals surface area (Å²) < 4.78 is 20.8. The molecule has 0 aromatic carbocycles. The lowest BCUT2D eigenvalue weighted by Crippen LogP contribution is -2.23. The van der Waals surface area contributed by atoms with Gasteiger partial charge in [0.05, 0.1) is 6.61 Å². The van der Waals surface area contributed by atoms with Crippen molar-refractivity contribution in [2.45, 2.75) is 33.8 Å². The van der Waals surface area contributed by atoms with Crippen molar-refractivity contribution in [1.82, 2.24) is 0 Å². The molecule has 0 aromatic rings. The van der Waals surface area contributed by atoms with Crippen molar-refractivity contribution < 1.29 is 18.7 Å². The third-order valence-corrected chi connectivity index (χ3v) is 2.63. The van der Waals surface area contributed by atoms with E-state index in [1.165, 1.54) is 0 Å². The zero-order valence-corrected chi connectivity index (χ0v) is 9.51. The van der Waals surface area contributed by atoms with Gasteiger partial charge in [-0.2, -0.15) is 0 Å². The summed E-state index contributed by atoms with van der Waals surface area (Å²) >= 11 is 0. The number of hydrogen-bond donors (Lipinski definition) is 1. The molecular weight excluding hydrogens is 191 g/mol. The van der Waals surface area contributed by atoms with E-state index in [0.717, 1.165) is 0 Å². The van der Waals surface area contributed by atoms with Gasteiger partial charge in [0.15, 0.2) is 0 Å². The first kappa shape index (κ1) is 13.0.